The van der Waals surface area contributed by atoms with E-state index in [2.05, 4.69) is 15.4 Å². The molecule has 0 aliphatic rings. The summed E-state index contributed by atoms with van der Waals surface area (Å²) in [5.41, 5.74) is 2.91. The number of carbonyl (C=O) groups is 1. The first-order valence-corrected chi connectivity index (χ1v) is 5.84. The van der Waals surface area contributed by atoms with Gasteiger partial charge in [0.1, 0.15) is 5.69 Å². The molecule has 21 heavy (non-hydrogen) atoms. The Morgan fingerprint density at radius 2 is 1.95 bits per heavy atom. The second-order valence-corrected chi connectivity index (χ2v) is 4.07. The minimum absolute atomic E-state index is 0.0437. The molecule has 0 radical (unpaired) electrons. The van der Waals surface area contributed by atoms with E-state index in [9.17, 15) is 14.9 Å². The van der Waals surface area contributed by atoms with Crippen molar-refractivity contribution < 1.29 is 9.72 Å². The largest absolute Gasteiger partial charge is 0.310 e. The van der Waals surface area contributed by atoms with E-state index < -0.39 is 4.92 Å². The summed E-state index contributed by atoms with van der Waals surface area (Å²) in [6.07, 6.45) is 2.62. The maximum Gasteiger partial charge on any atom is 0.278 e. The maximum absolute atomic E-state index is 12.2. The van der Waals surface area contributed by atoms with Crippen LogP contribution in [0, 0.1) is 10.1 Å². The average Bonchev–Trinajstić information content (AvgIpc) is 2.53. The van der Waals surface area contributed by atoms with Crippen molar-refractivity contribution in [1.82, 2.24) is 9.97 Å². The number of amides is 1. The van der Waals surface area contributed by atoms with Crippen LogP contribution < -0.4 is 16.2 Å². The van der Waals surface area contributed by atoms with E-state index >= 15 is 0 Å². The fraction of sp³-hybridized carbons (Fsp3) is 0.0833. The summed E-state index contributed by atoms with van der Waals surface area (Å²) in [5, 5.41) is 10.6. The number of nitro groups is 1. The van der Waals surface area contributed by atoms with Gasteiger partial charge < -0.3 is 10.3 Å². The van der Waals surface area contributed by atoms with Crippen LogP contribution in [0.2, 0.25) is 0 Å². The van der Waals surface area contributed by atoms with Crippen molar-refractivity contribution in [3.63, 3.8) is 0 Å². The summed E-state index contributed by atoms with van der Waals surface area (Å²) >= 11 is 0. The summed E-state index contributed by atoms with van der Waals surface area (Å²) in [5.74, 6) is 5.11. The number of nitrogens with two attached hydrogens (primary N) is 1. The number of benzene rings is 1. The molecule has 108 valence electrons. The van der Waals surface area contributed by atoms with Crippen LogP contribution in [0.1, 0.15) is 10.5 Å². The lowest BCUT2D eigenvalue weighted by molar-refractivity contribution is -0.384. The second-order valence-electron chi connectivity index (χ2n) is 4.07. The molecule has 0 spiro atoms. The molecular formula is C12H12N6O3. The lowest BCUT2D eigenvalue weighted by atomic mass is 10.2. The highest BCUT2D eigenvalue weighted by atomic mass is 16.6. The number of nitrogen functional groups attached to an aromatic ring is 1. The Morgan fingerprint density at radius 1 is 1.29 bits per heavy atom. The zero-order valence-electron chi connectivity index (χ0n) is 11.1. The monoisotopic (exact) mass is 288 g/mol. The molecule has 0 bridgehead atoms. The molecule has 2 aromatic rings. The first kappa shape index (κ1) is 14.3. The summed E-state index contributed by atoms with van der Waals surface area (Å²) < 4.78 is 0. The number of nitrogens with zero attached hydrogens (tertiary/aromatic N) is 4. The maximum atomic E-state index is 12.2. The standard InChI is InChI=1S/C12H12N6O3/c1-17(8-2-4-9(5-3-8)18(20)21)12(19)10-6-15-11(16-13)7-14-10/h2-7H,13H2,1H3,(H,15,16). The van der Waals surface area contributed by atoms with Crippen LogP contribution in [0.25, 0.3) is 0 Å². The predicted molar refractivity (Wildman–Crippen MR) is 75.7 cm³/mol. The molecular weight excluding hydrogens is 276 g/mol. The van der Waals surface area contributed by atoms with Crippen molar-refractivity contribution in [1.29, 1.82) is 0 Å². The first-order valence-electron chi connectivity index (χ1n) is 5.84. The van der Waals surface area contributed by atoms with Crippen LogP contribution in [0.3, 0.4) is 0 Å². The average molecular weight is 288 g/mol. The molecule has 1 amide bonds. The van der Waals surface area contributed by atoms with Gasteiger partial charge in [-0.3, -0.25) is 14.9 Å². The number of aromatic nitrogens is 2. The van der Waals surface area contributed by atoms with Crippen molar-refractivity contribution in [2.45, 2.75) is 0 Å². The van der Waals surface area contributed by atoms with E-state index in [0.29, 0.717) is 11.5 Å². The van der Waals surface area contributed by atoms with Gasteiger partial charge in [-0.1, -0.05) is 0 Å². The number of carbonyl (C=O) groups excluding carboxylic acids is 1. The Bertz CT molecular complexity index is 656. The molecule has 2 rings (SSSR count). The fourth-order valence-electron chi connectivity index (χ4n) is 1.60. The number of hydrogen-bond donors (Lipinski definition) is 2. The van der Waals surface area contributed by atoms with E-state index in [0.717, 1.165) is 0 Å². The van der Waals surface area contributed by atoms with Crippen molar-refractivity contribution in [2.75, 3.05) is 17.4 Å². The molecule has 0 saturated heterocycles. The molecule has 0 aliphatic carbocycles. The van der Waals surface area contributed by atoms with Gasteiger partial charge in [0.15, 0.2) is 5.82 Å². The minimum atomic E-state index is -0.504. The van der Waals surface area contributed by atoms with Crippen molar-refractivity contribution in [3.05, 3.63) is 52.5 Å². The van der Waals surface area contributed by atoms with Crippen LogP contribution in [-0.4, -0.2) is 27.8 Å². The number of nitro benzene ring substituents is 1. The van der Waals surface area contributed by atoms with Gasteiger partial charge in [0, 0.05) is 24.9 Å². The molecule has 1 aromatic carbocycles. The fourth-order valence-corrected chi connectivity index (χ4v) is 1.60. The van der Waals surface area contributed by atoms with Crippen molar-refractivity contribution in [2.24, 2.45) is 5.84 Å². The Labute approximate surface area is 119 Å². The van der Waals surface area contributed by atoms with E-state index in [1.807, 2.05) is 0 Å². The molecule has 0 saturated carbocycles. The SMILES string of the molecule is CN(C(=O)c1cnc(NN)cn1)c1ccc([N+](=O)[O-])cc1. The number of non-ortho nitro benzene ring substituents is 1. The Kier molecular flexibility index (Phi) is 4.05. The van der Waals surface area contributed by atoms with Gasteiger partial charge in [-0.25, -0.2) is 15.8 Å². The lowest BCUT2D eigenvalue weighted by Gasteiger charge is -2.16. The van der Waals surface area contributed by atoms with Crippen molar-refractivity contribution >= 4 is 23.1 Å². The molecule has 0 fully saturated rings. The topological polar surface area (TPSA) is 127 Å². The summed E-state index contributed by atoms with van der Waals surface area (Å²) in [6.45, 7) is 0. The normalized spacial score (nSPS) is 10.0. The molecule has 9 heteroatoms. The van der Waals surface area contributed by atoms with Gasteiger partial charge >= 0.3 is 0 Å². The first-order chi connectivity index (χ1) is 10.0. The van der Waals surface area contributed by atoms with Crippen LogP contribution in [0.15, 0.2) is 36.7 Å². The Hall–Kier alpha value is -3.07. The molecule has 3 N–H and O–H groups in total. The van der Waals surface area contributed by atoms with Crippen LogP contribution >= 0.6 is 0 Å². The van der Waals surface area contributed by atoms with E-state index in [4.69, 9.17) is 5.84 Å². The third-order valence-electron chi connectivity index (χ3n) is 2.77. The van der Waals surface area contributed by atoms with E-state index in [1.54, 1.807) is 7.05 Å². The van der Waals surface area contributed by atoms with Gasteiger partial charge in [0.2, 0.25) is 0 Å². The second kappa shape index (κ2) is 5.92. The summed E-state index contributed by atoms with van der Waals surface area (Å²) in [6, 6.07) is 5.62. The van der Waals surface area contributed by atoms with E-state index in [-0.39, 0.29) is 17.3 Å². The van der Waals surface area contributed by atoms with E-state index in [1.165, 1.54) is 41.6 Å². The molecule has 0 aliphatic heterocycles. The molecule has 0 atom stereocenters. The third kappa shape index (κ3) is 3.09. The highest BCUT2D eigenvalue weighted by Crippen LogP contribution is 2.19. The van der Waals surface area contributed by atoms with Crippen LogP contribution in [0.5, 0.6) is 0 Å². The van der Waals surface area contributed by atoms with Gasteiger partial charge in [-0.15, -0.1) is 0 Å². The third-order valence-corrected chi connectivity index (χ3v) is 2.77. The zero-order valence-corrected chi connectivity index (χ0v) is 11.1. The quantitative estimate of drug-likeness (QED) is 0.487. The zero-order chi connectivity index (χ0) is 15.4. The Balaban J connectivity index is 2.19. The molecule has 9 nitrogen and oxygen atoms in total. The highest BCUT2D eigenvalue weighted by molar-refractivity contribution is 6.04. The minimum Gasteiger partial charge on any atom is -0.310 e. The van der Waals surface area contributed by atoms with Gasteiger partial charge in [-0.2, -0.15) is 0 Å². The van der Waals surface area contributed by atoms with Gasteiger partial charge in [0.25, 0.3) is 11.6 Å². The molecule has 0 unspecified atom stereocenters. The number of rotatable bonds is 4. The number of hydrazine groups is 1. The van der Waals surface area contributed by atoms with Gasteiger partial charge in [-0.05, 0) is 12.1 Å². The number of anilines is 2. The Morgan fingerprint density at radius 3 is 2.43 bits per heavy atom. The predicted octanol–water partition coefficient (Wildman–Crippen LogP) is 0.947. The molecule has 1 aromatic heterocycles. The van der Waals surface area contributed by atoms with Crippen LogP contribution in [-0.2, 0) is 0 Å². The van der Waals surface area contributed by atoms with Crippen LogP contribution in [0.4, 0.5) is 17.2 Å². The summed E-state index contributed by atoms with van der Waals surface area (Å²) in [4.78, 5) is 31.4. The smallest absolute Gasteiger partial charge is 0.278 e. The number of nitrogens with one attached hydrogen (secondary N) is 1. The number of hydrogen-bond acceptors (Lipinski definition) is 7. The van der Waals surface area contributed by atoms with Crippen molar-refractivity contribution in [3.8, 4) is 0 Å². The summed E-state index contributed by atoms with van der Waals surface area (Å²) in [7, 11) is 1.54. The lowest BCUT2D eigenvalue weighted by Crippen LogP contribution is -2.27. The molecule has 1 heterocycles. The van der Waals surface area contributed by atoms with Gasteiger partial charge in [0.05, 0.1) is 17.3 Å². The highest BCUT2D eigenvalue weighted by Gasteiger charge is 2.16.